The van der Waals surface area contributed by atoms with Gasteiger partial charge in [0.15, 0.2) is 0 Å². The van der Waals surface area contributed by atoms with Gasteiger partial charge in [0.05, 0.1) is 21.5 Å². The number of ether oxygens (including phenoxy) is 1. The van der Waals surface area contributed by atoms with Gasteiger partial charge >= 0.3 is 18.3 Å². The number of carbonyl (C=O) groups excluding carboxylic acids is 3. The Hall–Kier alpha value is -2.48. The van der Waals surface area contributed by atoms with Crippen LogP contribution in [0.5, 0.6) is 5.19 Å². The van der Waals surface area contributed by atoms with E-state index in [1.165, 1.54) is 12.3 Å². The molecule has 2 aromatic rings. The summed E-state index contributed by atoms with van der Waals surface area (Å²) in [5.74, 6) is -5.36. The largest absolute Gasteiger partial charge is 0.491 e. The van der Waals surface area contributed by atoms with Crippen molar-refractivity contribution in [3.8, 4) is 5.19 Å². The molecule has 152 valence electrons. The molecule has 2 heterocycles. The number of ketones is 1. The Morgan fingerprint density at radius 2 is 1.68 bits per heavy atom. The van der Waals surface area contributed by atoms with Crippen molar-refractivity contribution >= 4 is 40.3 Å². The highest BCUT2D eigenvalue weighted by Crippen LogP contribution is 2.28. The Kier molecular flexibility index (Phi) is 6.13. The molecule has 0 aliphatic carbocycles. The van der Waals surface area contributed by atoms with Gasteiger partial charge in [0, 0.05) is 5.38 Å². The van der Waals surface area contributed by atoms with E-state index in [1.807, 2.05) is 0 Å². The summed E-state index contributed by atoms with van der Waals surface area (Å²) >= 11 is 0.919. The second-order valence-electron chi connectivity index (χ2n) is 5.11. The number of thiazole rings is 1. The number of hydrogen-bond donors (Lipinski definition) is 1. The predicted molar refractivity (Wildman–Crippen MR) is 84.4 cm³/mol. The molecule has 0 aromatic carbocycles. The van der Waals surface area contributed by atoms with Gasteiger partial charge in [-0.25, -0.2) is 9.78 Å². The minimum absolute atomic E-state index is 0.0615. The average molecular weight is 446 g/mol. The topological polar surface area (TPSA) is 85.4 Å². The summed E-state index contributed by atoms with van der Waals surface area (Å²) in [4.78, 5) is 36.7. The zero-order valence-electron chi connectivity index (χ0n) is 13.5. The molecule has 1 N–H and O–H groups in total. The minimum atomic E-state index is -5.20. The third kappa shape index (κ3) is 5.28. The molecular weight excluding hydrogens is 438 g/mol. The zero-order valence-corrected chi connectivity index (χ0v) is 15.1. The van der Waals surface area contributed by atoms with Gasteiger partial charge in [0.25, 0.3) is 16.9 Å². The van der Waals surface area contributed by atoms with E-state index in [2.05, 4.69) is 15.0 Å². The second kappa shape index (κ2) is 7.87. The maximum Gasteiger partial charge on any atom is 0.491 e. The molecule has 6 nitrogen and oxygen atoms in total. The fraction of sp³-hybridized carbons (Fsp3) is 0.286. The molecule has 0 aliphatic rings. The van der Waals surface area contributed by atoms with E-state index in [4.69, 9.17) is 0 Å². The third-order valence-corrected chi connectivity index (χ3v) is 4.83. The summed E-state index contributed by atoms with van der Waals surface area (Å²) in [6.07, 6.45) is -10.3. The SMILES string of the molecule is CC(NC(=O)c1ccc(C(=O)C(F)(F)F)s1)c1csc(OC(=O)C(F)(F)F)n1. The summed E-state index contributed by atoms with van der Waals surface area (Å²) in [5, 5.41) is 3.00. The molecule has 1 unspecified atom stereocenters. The number of Topliss-reactive ketones (excluding diaryl/α,β-unsaturated/α-hetero) is 1. The van der Waals surface area contributed by atoms with Crippen molar-refractivity contribution in [3.05, 3.63) is 33.0 Å². The highest BCUT2D eigenvalue weighted by molar-refractivity contribution is 7.16. The number of nitrogens with one attached hydrogen (secondary N) is 1. The lowest BCUT2D eigenvalue weighted by Crippen LogP contribution is -2.28. The fourth-order valence-corrected chi connectivity index (χ4v) is 3.34. The van der Waals surface area contributed by atoms with Gasteiger partial charge in [-0.2, -0.15) is 26.3 Å². The van der Waals surface area contributed by atoms with Crippen LogP contribution in [0.4, 0.5) is 26.3 Å². The molecule has 1 amide bonds. The van der Waals surface area contributed by atoms with Gasteiger partial charge in [-0.1, -0.05) is 11.3 Å². The monoisotopic (exact) mass is 446 g/mol. The lowest BCUT2D eigenvalue weighted by Gasteiger charge is -2.10. The van der Waals surface area contributed by atoms with Crippen molar-refractivity contribution in [2.24, 2.45) is 0 Å². The Morgan fingerprint density at radius 3 is 2.25 bits per heavy atom. The van der Waals surface area contributed by atoms with E-state index in [0.29, 0.717) is 22.7 Å². The first-order valence-corrected chi connectivity index (χ1v) is 8.75. The van der Waals surface area contributed by atoms with Crippen molar-refractivity contribution in [1.82, 2.24) is 10.3 Å². The number of hydrogen-bond acceptors (Lipinski definition) is 7. The number of alkyl halides is 6. The van der Waals surface area contributed by atoms with E-state index in [9.17, 15) is 40.7 Å². The van der Waals surface area contributed by atoms with Crippen LogP contribution in [0.25, 0.3) is 0 Å². The molecule has 0 fully saturated rings. The molecule has 0 bridgehead atoms. The van der Waals surface area contributed by atoms with Crippen molar-refractivity contribution < 1.29 is 45.5 Å². The Morgan fingerprint density at radius 1 is 1.07 bits per heavy atom. The number of aromatic nitrogens is 1. The van der Waals surface area contributed by atoms with Crippen LogP contribution in [0.1, 0.15) is 38.0 Å². The molecule has 1 atom stereocenters. The molecular formula is C14H8F6N2O4S2. The predicted octanol–water partition coefficient (Wildman–Crippen LogP) is 3.91. The van der Waals surface area contributed by atoms with Crippen LogP contribution >= 0.6 is 22.7 Å². The van der Waals surface area contributed by atoms with Gasteiger partial charge in [0.2, 0.25) is 0 Å². The molecule has 14 heteroatoms. The second-order valence-corrected chi connectivity index (χ2v) is 7.02. The summed E-state index contributed by atoms with van der Waals surface area (Å²) < 4.78 is 77.6. The molecule has 28 heavy (non-hydrogen) atoms. The van der Waals surface area contributed by atoms with E-state index in [0.717, 1.165) is 12.1 Å². The quantitative estimate of drug-likeness (QED) is 0.428. The number of nitrogens with zero attached hydrogens (tertiary/aromatic N) is 1. The van der Waals surface area contributed by atoms with Crippen LogP contribution in [0.3, 0.4) is 0 Å². The van der Waals surface area contributed by atoms with Crippen molar-refractivity contribution in [3.63, 3.8) is 0 Å². The lowest BCUT2D eigenvalue weighted by atomic mass is 10.2. The van der Waals surface area contributed by atoms with Gasteiger partial charge in [-0.15, -0.1) is 11.3 Å². The molecule has 0 saturated heterocycles. The summed E-state index contributed by atoms with van der Waals surface area (Å²) in [6, 6.07) is 1.02. The van der Waals surface area contributed by atoms with E-state index >= 15 is 0 Å². The van der Waals surface area contributed by atoms with E-state index in [-0.39, 0.29) is 10.6 Å². The third-order valence-electron chi connectivity index (χ3n) is 3.01. The van der Waals surface area contributed by atoms with E-state index in [1.54, 1.807) is 0 Å². The summed E-state index contributed by atoms with van der Waals surface area (Å²) in [6.45, 7) is 1.40. The minimum Gasteiger partial charge on any atom is -0.391 e. The zero-order chi connectivity index (χ0) is 21.3. The highest BCUT2D eigenvalue weighted by atomic mass is 32.1. The van der Waals surface area contributed by atoms with Crippen molar-refractivity contribution in [2.75, 3.05) is 0 Å². The number of rotatable bonds is 5. The molecule has 0 saturated carbocycles. The maximum absolute atomic E-state index is 12.4. The normalized spacial score (nSPS) is 13.1. The Labute approximate surface area is 160 Å². The number of halogens is 6. The lowest BCUT2D eigenvalue weighted by molar-refractivity contribution is -0.189. The highest BCUT2D eigenvalue weighted by Gasteiger charge is 2.42. The Balaban J connectivity index is 2.03. The van der Waals surface area contributed by atoms with Crippen LogP contribution in [-0.2, 0) is 4.79 Å². The standard InChI is InChI=1S/C14H8F6N2O4S2/c1-5(6-4-27-12(22-6)26-11(25)14(18,19)20)21-10(24)8-3-2-7(28-8)9(23)13(15,16)17/h2-5H,1H3,(H,21,24). The van der Waals surface area contributed by atoms with Crippen LogP contribution in [0.15, 0.2) is 17.5 Å². The van der Waals surface area contributed by atoms with E-state index < -0.39 is 46.1 Å². The van der Waals surface area contributed by atoms with Gasteiger partial charge < -0.3 is 10.1 Å². The average Bonchev–Trinajstić information content (AvgIpc) is 3.21. The van der Waals surface area contributed by atoms with Gasteiger partial charge in [0.1, 0.15) is 0 Å². The number of amides is 1. The molecule has 0 spiro atoms. The fourth-order valence-electron chi connectivity index (χ4n) is 1.72. The van der Waals surface area contributed by atoms with Crippen molar-refractivity contribution in [1.29, 1.82) is 0 Å². The van der Waals surface area contributed by atoms with Crippen molar-refractivity contribution in [2.45, 2.75) is 25.3 Å². The van der Waals surface area contributed by atoms with Crippen LogP contribution in [0.2, 0.25) is 0 Å². The van der Waals surface area contributed by atoms with Crippen LogP contribution in [-0.4, -0.2) is 35.0 Å². The first-order valence-electron chi connectivity index (χ1n) is 7.05. The number of carbonyl (C=O) groups is 3. The molecule has 0 radical (unpaired) electrons. The van der Waals surface area contributed by atoms with Crippen LogP contribution < -0.4 is 10.1 Å². The number of esters is 1. The van der Waals surface area contributed by atoms with Gasteiger partial charge in [-0.05, 0) is 19.1 Å². The first kappa shape index (κ1) is 21.8. The maximum atomic E-state index is 12.4. The Bertz CT molecular complexity index is 902. The first-order chi connectivity index (χ1) is 12.8. The van der Waals surface area contributed by atoms with Crippen LogP contribution in [0, 0.1) is 0 Å². The smallest absolute Gasteiger partial charge is 0.391 e. The summed E-state index contributed by atoms with van der Waals surface area (Å²) in [7, 11) is 0. The molecule has 0 aliphatic heterocycles. The molecule has 2 rings (SSSR count). The number of thiophene rings is 1. The van der Waals surface area contributed by atoms with Gasteiger partial charge in [-0.3, -0.25) is 9.59 Å². The summed E-state index contributed by atoms with van der Waals surface area (Å²) in [5.41, 5.74) is 0.0615. The molecule has 2 aromatic heterocycles.